The van der Waals surface area contributed by atoms with E-state index >= 15 is 0 Å². The summed E-state index contributed by atoms with van der Waals surface area (Å²) < 4.78 is 25.8. The van der Waals surface area contributed by atoms with Gasteiger partial charge in [-0.25, -0.2) is 13.4 Å². The van der Waals surface area contributed by atoms with Gasteiger partial charge >= 0.3 is 0 Å². The predicted octanol–water partition coefficient (Wildman–Crippen LogP) is 2.92. The van der Waals surface area contributed by atoms with Gasteiger partial charge in [0.1, 0.15) is 5.71 Å². The summed E-state index contributed by atoms with van der Waals surface area (Å²) in [7, 11) is -3.16. The lowest BCUT2D eigenvalue weighted by atomic mass is 10.1. The van der Waals surface area contributed by atoms with E-state index in [1.54, 1.807) is 0 Å². The standard InChI is InChI=1S/C23H24N4O4S/c1-2-26-20-6-4-3-5-17(20)18-13-15(7-9-21(18)26)24-23(29)19-8-10-22(28)27(25-19)16-11-12-32(30,31)14-16/h3-7,9,13,16H,2,8,10-12,14H2,1H3,(H,24,29)/t16-/m1/s1. The van der Waals surface area contributed by atoms with Gasteiger partial charge in [-0.3, -0.25) is 9.59 Å². The first kappa shape index (κ1) is 20.7. The summed E-state index contributed by atoms with van der Waals surface area (Å²) in [4.78, 5) is 25.2. The number of carbonyl (C=O) groups excluding carboxylic acids is 2. The smallest absolute Gasteiger partial charge is 0.271 e. The molecule has 0 unspecified atom stereocenters. The third-order valence-corrected chi connectivity index (χ3v) is 7.97. The molecule has 3 heterocycles. The Balaban J connectivity index is 1.42. The topological polar surface area (TPSA) is 101 Å². The molecule has 1 aromatic heterocycles. The van der Waals surface area contributed by atoms with Crippen molar-refractivity contribution in [3.63, 3.8) is 0 Å². The molecule has 2 aliphatic rings. The van der Waals surface area contributed by atoms with Crippen LogP contribution in [0.3, 0.4) is 0 Å². The highest BCUT2D eigenvalue weighted by atomic mass is 32.2. The number of hydrazone groups is 1. The maximum Gasteiger partial charge on any atom is 0.271 e. The van der Waals surface area contributed by atoms with Gasteiger partial charge in [0.25, 0.3) is 5.91 Å². The number of anilines is 1. The van der Waals surface area contributed by atoms with Gasteiger partial charge in [-0.15, -0.1) is 0 Å². The Morgan fingerprint density at radius 1 is 1.12 bits per heavy atom. The van der Waals surface area contributed by atoms with Crippen molar-refractivity contribution >= 4 is 54.9 Å². The summed E-state index contributed by atoms with van der Waals surface area (Å²) in [6, 6.07) is 13.5. The Kier molecular flexibility index (Phi) is 5.00. The SMILES string of the molecule is CCn1c2ccccc2c2cc(NC(=O)C3=NN([C@@H]4CCS(=O)(=O)C4)C(=O)CC3)ccc21. The molecule has 1 atom stereocenters. The Bertz CT molecular complexity index is 1390. The Morgan fingerprint density at radius 3 is 2.66 bits per heavy atom. The first-order valence-electron chi connectivity index (χ1n) is 10.8. The lowest BCUT2D eigenvalue weighted by molar-refractivity contribution is -0.133. The average molecular weight is 453 g/mol. The number of hydrogen-bond donors (Lipinski definition) is 1. The van der Waals surface area contributed by atoms with Gasteiger partial charge in [0, 0.05) is 46.9 Å². The number of hydrogen-bond acceptors (Lipinski definition) is 5. The number of nitrogens with zero attached hydrogens (tertiary/aromatic N) is 3. The molecule has 1 N–H and O–H groups in total. The molecule has 5 rings (SSSR count). The fourth-order valence-electron chi connectivity index (χ4n) is 4.66. The number of amides is 2. The Morgan fingerprint density at radius 2 is 1.91 bits per heavy atom. The number of nitrogens with one attached hydrogen (secondary N) is 1. The fourth-order valence-corrected chi connectivity index (χ4v) is 6.36. The quantitative estimate of drug-likeness (QED) is 0.658. The monoisotopic (exact) mass is 452 g/mol. The minimum Gasteiger partial charge on any atom is -0.341 e. The van der Waals surface area contributed by atoms with Crippen LogP contribution in [0, 0.1) is 0 Å². The van der Waals surface area contributed by atoms with Gasteiger partial charge in [-0.1, -0.05) is 18.2 Å². The third kappa shape index (κ3) is 3.56. The highest BCUT2D eigenvalue weighted by molar-refractivity contribution is 7.91. The molecule has 0 radical (unpaired) electrons. The maximum atomic E-state index is 12.9. The molecule has 166 valence electrons. The van der Waals surface area contributed by atoms with Crippen LogP contribution in [-0.2, 0) is 26.0 Å². The number of fused-ring (bicyclic) bond motifs is 3. The van der Waals surface area contributed by atoms with Crippen LogP contribution in [0.2, 0.25) is 0 Å². The van der Waals surface area contributed by atoms with Crippen LogP contribution in [0.1, 0.15) is 26.2 Å². The van der Waals surface area contributed by atoms with E-state index in [2.05, 4.69) is 34.0 Å². The second-order valence-electron chi connectivity index (χ2n) is 8.29. The van der Waals surface area contributed by atoms with Gasteiger partial charge in [0.15, 0.2) is 9.84 Å². The Labute approximate surface area is 185 Å². The molecule has 3 aromatic rings. The Hall–Kier alpha value is -3.20. The molecule has 32 heavy (non-hydrogen) atoms. The van der Waals surface area contributed by atoms with Crippen molar-refractivity contribution in [1.82, 2.24) is 9.58 Å². The van der Waals surface area contributed by atoms with Crippen molar-refractivity contribution in [3.8, 4) is 0 Å². The summed E-state index contributed by atoms with van der Waals surface area (Å²) in [5, 5.41) is 10.5. The van der Waals surface area contributed by atoms with Crippen molar-refractivity contribution in [1.29, 1.82) is 0 Å². The highest BCUT2D eigenvalue weighted by Gasteiger charge is 2.37. The molecule has 0 spiro atoms. The van der Waals surface area contributed by atoms with Crippen molar-refractivity contribution in [2.75, 3.05) is 16.8 Å². The zero-order valence-electron chi connectivity index (χ0n) is 17.7. The molecule has 2 amide bonds. The van der Waals surface area contributed by atoms with E-state index in [0.717, 1.165) is 28.4 Å². The van der Waals surface area contributed by atoms with Gasteiger partial charge in [0.2, 0.25) is 5.91 Å². The van der Waals surface area contributed by atoms with Crippen LogP contribution >= 0.6 is 0 Å². The normalized spacial score (nSPS) is 20.7. The molecule has 0 saturated carbocycles. The maximum absolute atomic E-state index is 12.9. The summed E-state index contributed by atoms with van der Waals surface area (Å²) in [5.41, 5.74) is 3.13. The predicted molar refractivity (Wildman–Crippen MR) is 124 cm³/mol. The van der Waals surface area contributed by atoms with Gasteiger partial charge in [-0.05, 0) is 37.6 Å². The number of benzene rings is 2. The summed E-state index contributed by atoms with van der Waals surface area (Å²) in [5.74, 6) is -0.668. The van der Waals surface area contributed by atoms with Crippen molar-refractivity contribution in [2.45, 2.75) is 38.8 Å². The first-order chi connectivity index (χ1) is 15.4. The van der Waals surface area contributed by atoms with Crippen LogP contribution in [0.5, 0.6) is 0 Å². The molecule has 0 bridgehead atoms. The molecule has 8 nitrogen and oxygen atoms in total. The van der Waals surface area contributed by atoms with Crippen LogP contribution < -0.4 is 5.32 Å². The van der Waals surface area contributed by atoms with E-state index in [1.165, 1.54) is 5.01 Å². The molecule has 2 aromatic carbocycles. The molecule has 0 aliphatic carbocycles. The second-order valence-corrected chi connectivity index (χ2v) is 10.5. The number of aryl methyl sites for hydroxylation is 1. The third-order valence-electron chi connectivity index (χ3n) is 6.22. The lowest BCUT2D eigenvalue weighted by Gasteiger charge is -2.27. The summed E-state index contributed by atoms with van der Waals surface area (Å²) >= 11 is 0. The molecule has 1 saturated heterocycles. The highest BCUT2D eigenvalue weighted by Crippen LogP contribution is 2.31. The largest absolute Gasteiger partial charge is 0.341 e. The zero-order valence-corrected chi connectivity index (χ0v) is 18.6. The van der Waals surface area contributed by atoms with Gasteiger partial charge < -0.3 is 9.88 Å². The van der Waals surface area contributed by atoms with Crippen molar-refractivity contribution in [3.05, 3.63) is 42.5 Å². The fraction of sp³-hybridized carbons (Fsp3) is 0.348. The summed E-state index contributed by atoms with van der Waals surface area (Å²) in [6.07, 6.45) is 0.731. The lowest BCUT2D eigenvalue weighted by Crippen LogP contribution is -2.42. The van der Waals surface area contributed by atoms with Crippen molar-refractivity contribution < 1.29 is 18.0 Å². The van der Waals surface area contributed by atoms with E-state index in [0.29, 0.717) is 12.1 Å². The van der Waals surface area contributed by atoms with Crippen LogP contribution in [0.4, 0.5) is 5.69 Å². The molecular weight excluding hydrogens is 428 g/mol. The molecule has 2 aliphatic heterocycles. The van der Waals surface area contributed by atoms with E-state index in [-0.39, 0.29) is 41.9 Å². The van der Waals surface area contributed by atoms with E-state index in [4.69, 9.17) is 0 Å². The van der Waals surface area contributed by atoms with Crippen LogP contribution in [0.25, 0.3) is 21.8 Å². The zero-order chi connectivity index (χ0) is 22.5. The molecule has 1 fully saturated rings. The van der Waals surface area contributed by atoms with Crippen LogP contribution in [-0.4, -0.2) is 53.1 Å². The second kappa shape index (κ2) is 7.74. The number of para-hydroxylation sites is 1. The molecular formula is C23H24N4O4S. The number of rotatable bonds is 4. The van der Waals surface area contributed by atoms with Crippen LogP contribution in [0.15, 0.2) is 47.6 Å². The summed E-state index contributed by atoms with van der Waals surface area (Å²) in [6.45, 7) is 2.94. The van der Waals surface area contributed by atoms with Crippen molar-refractivity contribution in [2.24, 2.45) is 5.10 Å². The average Bonchev–Trinajstić information content (AvgIpc) is 3.30. The first-order valence-corrected chi connectivity index (χ1v) is 12.6. The van der Waals surface area contributed by atoms with E-state index in [1.807, 2.05) is 30.3 Å². The molecule has 9 heteroatoms. The van der Waals surface area contributed by atoms with Gasteiger partial charge in [-0.2, -0.15) is 5.10 Å². The van der Waals surface area contributed by atoms with E-state index in [9.17, 15) is 18.0 Å². The number of aromatic nitrogens is 1. The van der Waals surface area contributed by atoms with Gasteiger partial charge in [0.05, 0.1) is 17.5 Å². The van der Waals surface area contributed by atoms with E-state index < -0.39 is 15.9 Å². The minimum atomic E-state index is -3.16. The minimum absolute atomic E-state index is 0.0455. The number of carbonyl (C=O) groups is 2. The number of sulfone groups is 1.